The van der Waals surface area contributed by atoms with Crippen LogP contribution in [0.25, 0.3) is 0 Å². The summed E-state index contributed by atoms with van der Waals surface area (Å²) in [5.41, 5.74) is -1.69. The maximum Gasteiger partial charge on any atom is 0.508 e. The second-order valence-electron chi connectivity index (χ2n) is 10.8. The zero-order valence-corrected chi connectivity index (χ0v) is 24.8. The van der Waals surface area contributed by atoms with Gasteiger partial charge >= 0.3 is 11.8 Å². The highest BCUT2D eigenvalue weighted by Crippen LogP contribution is 2.41. The van der Waals surface area contributed by atoms with Gasteiger partial charge in [0, 0.05) is 23.7 Å². The molecule has 11 heteroatoms. The maximum absolute atomic E-state index is 13.9. The van der Waals surface area contributed by atoms with Gasteiger partial charge in [-0.2, -0.15) is 4.57 Å². The summed E-state index contributed by atoms with van der Waals surface area (Å²) in [5.74, 6) is -0.727. The van der Waals surface area contributed by atoms with Crippen molar-refractivity contribution in [1.29, 1.82) is 0 Å². The largest absolute Gasteiger partial charge is 0.508 e. The van der Waals surface area contributed by atoms with Crippen molar-refractivity contribution in [2.45, 2.75) is 83.4 Å². The number of aryl methyl sites for hydroxylation is 1. The lowest BCUT2D eigenvalue weighted by atomic mass is 10.0. The maximum atomic E-state index is 13.9. The third kappa shape index (κ3) is 6.31. The summed E-state index contributed by atoms with van der Waals surface area (Å²) in [5, 5.41) is -1.21. The molecular weight excluding hydrogens is 520 g/mol. The van der Waals surface area contributed by atoms with E-state index in [1.165, 1.54) is 16.8 Å². The van der Waals surface area contributed by atoms with Crippen LogP contribution < -0.4 is 11.2 Å². The zero-order chi connectivity index (χ0) is 29.1. The molecule has 1 unspecified atom stereocenters. The van der Waals surface area contributed by atoms with E-state index in [1.807, 2.05) is 33.9 Å². The van der Waals surface area contributed by atoms with Crippen LogP contribution in [0.2, 0.25) is 13.1 Å². The fraction of sp³-hybridized carbons (Fsp3) is 0.500. The second-order valence-corrected chi connectivity index (χ2v) is 14.0. The standard InChI is InChI=1S/C28H38N2O8Si/c1-9-20(36-26(34)35-10-2)22-21(37-27(4,5)6)16-28(38-22,39(7)8)29-17-18(3)23(31)30(25(29)33)24(32)19-14-12-11-13-15-19/h9,11-15,17,20-22,39H,1,10,16H2,2-8H3/t20?,21-,22+,28-/m0/s1. The molecule has 0 bridgehead atoms. The Labute approximate surface area is 229 Å². The van der Waals surface area contributed by atoms with Gasteiger partial charge in [0.05, 0.1) is 27.1 Å². The fourth-order valence-electron chi connectivity index (χ4n) is 4.76. The molecule has 4 atom stereocenters. The number of nitrogens with zero attached hydrogens (tertiary/aromatic N) is 2. The van der Waals surface area contributed by atoms with Gasteiger partial charge in [0.15, 0.2) is 6.10 Å². The number of benzene rings is 1. The van der Waals surface area contributed by atoms with Crippen LogP contribution in [0.3, 0.4) is 0 Å². The van der Waals surface area contributed by atoms with E-state index in [1.54, 1.807) is 44.2 Å². The minimum absolute atomic E-state index is 0.130. The Morgan fingerprint density at radius 3 is 2.41 bits per heavy atom. The first-order valence-electron chi connectivity index (χ1n) is 13.0. The molecule has 0 saturated carbocycles. The van der Waals surface area contributed by atoms with Crippen LogP contribution in [0.1, 0.15) is 50.0 Å². The van der Waals surface area contributed by atoms with Crippen LogP contribution >= 0.6 is 0 Å². The molecule has 1 aliphatic rings. The predicted molar refractivity (Wildman–Crippen MR) is 149 cm³/mol. The molecule has 1 fully saturated rings. The lowest BCUT2D eigenvalue weighted by Gasteiger charge is -2.35. The van der Waals surface area contributed by atoms with Crippen molar-refractivity contribution in [3.63, 3.8) is 0 Å². The molecule has 0 radical (unpaired) electrons. The first-order valence-corrected chi connectivity index (χ1v) is 15.9. The molecule has 3 rings (SSSR count). The van der Waals surface area contributed by atoms with Gasteiger partial charge in [-0.1, -0.05) is 37.9 Å². The van der Waals surface area contributed by atoms with Gasteiger partial charge in [0.25, 0.3) is 11.5 Å². The Hall–Kier alpha value is -3.28. The highest BCUT2D eigenvalue weighted by Gasteiger charge is 2.55. The summed E-state index contributed by atoms with van der Waals surface area (Å²) in [4.78, 5) is 52.6. The molecule has 212 valence electrons. The van der Waals surface area contributed by atoms with Crippen LogP contribution in [0, 0.1) is 6.92 Å². The minimum atomic E-state index is -1.99. The van der Waals surface area contributed by atoms with Crippen molar-refractivity contribution in [3.8, 4) is 0 Å². The van der Waals surface area contributed by atoms with Gasteiger partial charge in [-0.3, -0.25) is 14.2 Å². The summed E-state index contributed by atoms with van der Waals surface area (Å²) in [7, 11) is -1.99. The topological polar surface area (TPSA) is 115 Å². The average molecular weight is 559 g/mol. The molecule has 1 aromatic carbocycles. The van der Waals surface area contributed by atoms with Crippen molar-refractivity contribution in [1.82, 2.24) is 9.13 Å². The quantitative estimate of drug-likeness (QED) is 0.275. The highest BCUT2D eigenvalue weighted by molar-refractivity contribution is 6.58. The van der Waals surface area contributed by atoms with Crippen LogP contribution in [0.5, 0.6) is 0 Å². The highest BCUT2D eigenvalue weighted by atomic mass is 28.3. The summed E-state index contributed by atoms with van der Waals surface area (Å²) in [6.45, 7) is 16.8. The summed E-state index contributed by atoms with van der Waals surface area (Å²) in [6, 6.07) is 8.15. The minimum Gasteiger partial charge on any atom is -0.435 e. The third-order valence-electron chi connectivity index (χ3n) is 6.55. The number of hydrogen-bond donors (Lipinski definition) is 0. The van der Waals surface area contributed by atoms with Crippen molar-refractivity contribution >= 4 is 20.9 Å². The molecule has 2 aromatic rings. The van der Waals surface area contributed by atoms with E-state index in [9.17, 15) is 19.2 Å². The van der Waals surface area contributed by atoms with E-state index in [-0.39, 0.29) is 24.2 Å². The molecule has 0 aliphatic carbocycles. The first-order chi connectivity index (χ1) is 18.3. The fourth-order valence-corrected chi connectivity index (χ4v) is 6.63. The molecule has 2 heterocycles. The van der Waals surface area contributed by atoms with E-state index >= 15 is 0 Å². The Bertz CT molecular complexity index is 1330. The molecular formula is C28H38N2O8Si. The number of rotatable bonds is 8. The van der Waals surface area contributed by atoms with Gasteiger partial charge in [0.1, 0.15) is 11.5 Å². The van der Waals surface area contributed by atoms with Crippen molar-refractivity contribution < 1.29 is 28.5 Å². The van der Waals surface area contributed by atoms with E-state index < -0.39 is 61.4 Å². The van der Waals surface area contributed by atoms with Crippen molar-refractivity contribution in [3.05, 3.63) is 81.1 Å². The van der Waals surface area contributed by atoms with E-state index in [0.29, 0.717) is 4.57 Å². The second kappa shape index (κ2) is 11.8. The van der Waals surface area contributed by atoms with Crippen LogP contribution in [-0.4, -0.2) is 60.5 Å². The monoisotopic (exact) mass is 558 g/mol. The van der Waals surface area contributed by atoms with Gasteiger partial charge in [-0.25, -0.2) is 9.59 Å². The Morgan fingerprint density at radius 2 is 1.87 bits per heavy atom. The van der Waals surface area contributed by atoms with Crippen LogP contribution in [0.4, 0.5) is 4.79 Å². The number of aromatic nitrogens is 2. The lowest BCUT2D eigenvalue weighted by Crippen LogP contribution is -2.56. The molecule has 0 amide bonds. The lowest BCUT2D eigenvalue weighted by molar-refractivity contribution is -0.132. The Balaban J connectivity index is 2.19. The molecule has 1 aromatic heterocycles. The van der Waals surface area contributed by atoms with E-state index in [2.05, 4.69) is 6.58 Å². The molecule has 0 spiro atoms. The molecule has 39 heavy (non-hydrogen) atoms. The molecule has 1 aliphatic heterocycles. The van der Waals surface area contributed by atoms with Gasteiger partial charge in [-0.15, -0.1) is 0 Å². The first kappa shape index (κ1) is 30.3. The predicted octanol–water partition coefficient (Wildman–Crippen LogP) is 3.39. The summed E-state index contributed by atoms with van der Waals surface area (Å²) in [6.07, 6.45) is -0.167. The average Bonchev–Trinajstić information content (AvgIpc) is 3.24. The van der Waals surface area contributed by atoms with E-state index in [0.717, 1.165) is 0 Å². The SMILES string of the molecule is C=CC(OC(=O)OCC)[C@H]1O[C@](n2cc(C)c(=O)n(C(=O)c3ccccc3)c2=O)([SiH](C)C)C[C@@H]1OC(C)(C)C. The van der Waals surface area contributed by atoms with Crippen LogP contribution in [-0.2, 0) is 24.3 Å². The zero-order valence-electron chi connectivity index (χ0n) is 23.6. The number of hydrogen-bond acceptors (Lipinski definition) is 8. The number of carbonyl (C=O) groups excluding carboxylic acids is 2. The summed E-state index contributed by atoms with van der Waals surface area (Å²) < 4.78 is 25.5. The number of ether oxygens (including phenoxy) is 4. The van der Waals surface area contributed by atoms with Gasteiger partial charge in [0.2, 0.25) is 0 Å². The summed E-state index contributed by atoms with van der Waals surface area (Å²) >= 11 is 0. The van der Waals surface area contributed by atoms with E-state index in [4.69, 9.17) is 18.9 Å². The van der Waals surface area contributed by atoms with Crippen molar-refractivity contribution in [2.75, 3.05) is 6.61 Å². The Kier molecular flexibility index (Phi) is 9.19. The number of carbonyl (C=O) groups is 2. The van der Waals surface area contributed by atoms with Crippen LogP contribution in [0.15, 0.2) is 58.8 Å². The Morgan fingerprint density at radius 1 is 1.23 bits per heavy atom. The molecule has 10 nitrogen and oxygen atoms in total. The van der Waals surface area contributed by atoms with Crippen molar-refractivity contribution in [2.24, 2.45) is 0 Å². The normalized spacial score (nSPS) is 21.9. The van der Waals surface area contributed by atoms with Gasteiger partial charge in [-0.05, 0) is 52.8 Å². The molecule has 1 saturated heterocycles. The molecule has 0 N–H and O–H groups in total. The van der Waals surface area contributed by atoms with Gasteiger partial charge < -0.3 is 18.9 Å². The smallest absolute Gasteiger partial charge is 0.435 e. The third-order valence-corrected chi connectivity index (χ3v) is 9.00.